The summed E-state index contributed by atoms with van der Waals surface area (Å²) in [4.78, 5) is 5.12. The summed E-state index contributed by atoms with van der Waals surface area (Å²) in [7, 11) is 0. The number of piperazine rings is 1. The number of ether oxygens (including phenoxy) is 4. The molecule has 0 radical (unpaired) electrons. The molecule has 4 atom stereocenters. The van der Waals surface area contributed by atoms with E-state index in [2.05, 4.69) is 34.1 Å². The number of benzene rings is 1. The molecule has 4 saturated heterocycles. The highest BCUT2D eigenvalue weighted by molar-refractivity contribution is 5.30. The largest absolute Gasteiger partial charge is 0.491 e. The normalized spacial score (nSPS) is 34.7. The van der Waals surface area contributed by atoms with Crippen LogP contribution in [0.15, 0.2) is 24.3 Å². The summed E-state index contributed by atoms with van der Waals surface area (Å²) in [5.74, 6) is 0.926. The Morgan fingerprint density at radius 1 is 0.880 bits per heavy atom. The maximum Gasteiger partial charge on any atom is 0.119 e. The second-order valence-electron chi connectivity index (χ2n) is 7.52. The van der Waals surface area contributed by atoms with Gasteiger partial charge < -0.3 is 18.9 Å². The topological polar surface area (TPSA) is 53.3 Å². The number of rotatable bonds is 8. The molecule has 0 bridgehead atoms. The fraction of sp³-hybridized carbons (Fsp3) is 0.684. The van der Waals surface area contributed by atoms with Crippen LogP contribution in [0.1, 0.15) is 11.6 Å². The molecule has 4 unspecified atom stereocenters. The Morgan fingerprint density at radius 2 is 1.56 bits per heavy atom. The Hall–Kier alpha value is -1.18. The van der Waals surface area contributed by atoms with Gasteiger partial charge in [-0.3, -0.25) is 9.80 Å². The first kappa shape index (κ1) is 16.0. The van der Waals surface area contributed by atoms with Crippen molar-refractivity contribution in [2.75, 3.05) is 59.2 Å². The fourth-order valence-corrected chi connectivity index (χ4v) is 3.61. The lowest BCUT2D eigenvalue weighted by Gasteiger charge is -2.41. The summed E-state index contributed by atoms with van der Waals surface area (Å²) >= 11 is 0. The van der Waals surface area contributed by atoms with E-state index in [4.69, 9.17) is 18.9 Å². The van der Waals surface area contributed by atoms with Gasteiger partial charge in [0.1, 0.15) is 18.5 Å². The highest BCUT2D eigenvalue weighted by atomic mass is 16.6. The van der Waals surface area contributed by atoms with Crippen LogP contribution in [-0.2, 0) is 14.2 Å². The number of nitrogens with zero attached hydrogens (tertiary/aromatic N) is 2. The van der Waals surface area contributed by atoms with Crippen LogP contribution >= 0.6 is 0 Å². The molecular formula is C19H26N2O4. The summed E-state index contributed by atoms with van der Waals surface area (Å²) in [5, 5.41) is 0. The van der Waals surface area contributed by atoms with E-state index in [0.29, 0.717) is 31.0 Å². The smallest absolute Gasteiger partial charge is 0.119 e. The first-order chi connectivity index (χ1) is 12.3. The average Bonchev–Trinajstić information content (AvgIpc) is 3.46. The molecule has 0 amide bonds. The molecule has 1 aromatic rings. The molecule has 0 aliphatic carbocycles. The van der Waals surface area contributed by atoms with Gasteiger partial charge in [0.25, 0.3) is 0 Å². The van der Waals surface area contributed by atoms with E-state index < -0.39 is 0 Å². The summed E-state index contributed by atoms with van der Waals surface area (Å²) < 4.78 is 21.9. The molecule has 0 saturated carbocycles. The van der Waals surface area contributed by atoms with Gasteiger partial charge in [0.05, 0.1) is 32.0 Å². The van der Waals surface area contributed by atoms with Crippen molar-refractivity contribution in [1.82, 2.24) is 9.80 Å². The van der Waals surface area contributed by atoms with E-state index in [9.17, 15) is 0 Å². The Balaban J connectivity index is 1.25. The summed E-state index contributed by atoms with van der Waals surface area (Å²) in [5.41, 5.74) is 1.36. The lowest BCUT2D eigenvalue weighted by molar-refractivity contribution is 0.0641. The van der Waals surface area contributed by atoms with Crippen LogP contribution in [0.2, 0.25) is 0 Å². The van der Waals surface area contributed by atoms with Crippen molar-refractivity contribution < 1.29 is 18.9 Å². The standard InChI is InChI=1S/C19H26N2O4/c1-3-15(22-12-18-13-25-18)4-2-14(1)19-9-20(7-16-10-23-16)5-6-21(19)8-17-11-24-17/h1-4,16-19H,5-13H2. The number of hydrogen-bond donors (Lipinski definition) is 0. The van der Waals surface area contributed by atoms with Crippen LogP contribution < -0.4 is 4.74 Å². The van der Waals surface area contributed by atoms with Crippen molar-refractivity contribution in [3.8, 4) is 5.75 Å². The van der Waals surface area contributed by atoms with E-state index in [0.717, 1.165) is 58.3 Å². The molecule has 5 rings (SSSR count). The van der Waals surface area contributed by atoms with Crippen molar-refractivity contribution in [2.24, 2.45) is 0 Å². The quantitative estimate of drug-likeness (QED) is 0.653. The van der Waals surface area contributed by atoms with E-state index >= 15 is 0 Å². The van der Waals surface area contributed by atoms with Gasteiger partial charge in [-0.05, 0) is 17.7 Å². The van der Waals surface area contributed by atoms with Gasteiger partial charge in [-0.1, -0.05) is 12.1 Å². The van der Waals surface area contributed by atoms with Crippen LogP contribution in [0.25, 0.3) is 0 Å². The predicted octanol–water partition coefficient (Wildman–Crippen LogP) is 0.920. The monoisotopic (exact) mass is 346 g/mol. The van der Waals surface area contributed by atoms with E-state index in [1.54, 1.807) is 0 Å². The van der Waals surface area contributed by atoms with Gasteiger partial charge in [-0.25, -0.2) is 0 Å². The van der Waals surface area contributed by atoms with Gasteiger partial charge in [-0.2, -0.15) is 0 Å². The van der Waals surface area contributed by atoms with Crippen LogP contribution in [0, 0.1) is 0 Å². The lowest BCUT2D eigenvalue weighted by Crippen LogP contribution is -2.50. The van der Waals surface area contributed by atoms with Crippen LogP contribution in [-0.4, -0.2) is 87.3 Å². The first-order valence-electron chi connectivity index (χ1n) is 9.37. The molecule has 0 aromatic heterocycles. The second kappa shape index (κ2) is 6.85. The third-order valence-electron chi connectivity index (χ3n) is 5.38. The summed E-state index contributed by atoms with van der Waals surface area (Å²) in [6, 6.07) is 9.02. The van der Waals surface area contributed by atoms with Crippen molar-refractivity contribution in [3.05, 3.63) is 29.8 Å². The molecular weight excluding hydrogens is 320 g/mol. The SMILES string of the molecule is c1cc(C2CN(CC3CO3)CCN2CC2CO2)ccc1OCC1CO1. The Morgan fingerprint density at radius 3 is 2.24 bits per heavy atom. The minimum absolute atomic E-state index is 0.297. The van der Waals surface area contributed by atoms with E-state index in [-0.39, 0.29) is 0 Å². The summed E-state index contributed by atoms with van der Waals surface area (Å²) in [6.07, 6.45) is 1.19. The lowest BCUT2D eigenvalue weighted by atomic mass is 10.0. The van der Waals surface area contributed by atoms with Crippen LogP contribution in [0.3, 0.4) is 0 Å². The second-order valence-corrected chi connectivity index (χ2v) is 7.52. The summed E-state index contributed by atoms with van der Waals surface area (Å²) in [6.45, 7) is 8.70. The predicted molar refractivity (Wildman–Crippen MR) is 91.9 cm³/mol. The van der Waals surface area contributed by atoms with Gasteiger partial charge in [0, 0.05) is 38.8 Å². The molecule has 6 heteroatoms. The highest BCUT2D eigenvalue weighted by Crippen LogP contribution is 2.30. The number of hydrogen-bond acceptors (Lipinski definition) is 6. The van der Waals surface area contributed by atoms with Gasteiger partial charge >= 0.3 is 0 Å². The third kappa shape index (κ3) is 4.33. The Labute approximate surface area is 148 Å². The molecule has 0 spiro atoms. The van der Waals surface area contributed by atoms with E-state index in [1.165, 1.54) is 5.56 Å². The minimum atomic E-state index is 0.297. The molecule has 4 aliphatic rings. The Kier molecular flexibility index (Phi) is 4.39. The minimum Gasteiger partial charge on any atom is -0.491 e. The molecule has 25 heavy (non-hydrogen) atoms. The van der Waals surface area contributed by atoms with Gasteiger partial charge in [0.2, 0.25) is 0 Å². The Bertz CT molecular complexity index is 584. The van der Waals surface area contributed by atoms with Gasteiger partial charge in [0.15, 0.2) is 0 Å². The van der Waals surface area contributed by atoms with Crippen molar-refractivity contribution >= 4 is 0 Å². The molecule has 6 nitrogen and oxygen atoms in total. The third-order valence-corrected chi connectivity index (χ3v) is 5.38. The first-order valence-corrected chi connectivity index (χ1v) is 9.37. The van der Waals surface area contributed by atoms with Crippen molar-refractivity contribution in [1.29, 1.82) is 0 Å². The van der Waals surface area contributed by atoms with Crippen LogP contribution in [0.5, 0.6) is 5.75 Å². The van der Waals surface area contributed by atoms with Crippen molar-refractivity contribution in [3.63, 3.8) is 0 Å². The maximum absolute atomic E-state index is 5.77. The molecule has 0 N–H and O–H groups in total. The van der Waals surface area contributed by atoms with Crippen LogP contribution in [0.4, 0.5) is 0 Å². The average molecular weight is 346 g/mol. The zero-order chi connectivity index (χ0) is 16.6. The van der Waals surface area contributed by atoms with Crippen molar-refractivity contribution in [2.45, 2.75) is 24.4 Å². The van der Waals surface area contributed by atoms with E-state index in [1.807, 2.05) is 0 Å². The molecule has 136 valence electrons. The molecule has 4 heterocycles. The zero-order valence-corrected chi connectivity index (χ0v) is 14.5. The molecule has 4 aliphatic heterocycles. The number of epoxide rings is 3. The molecule has 1 aromatic carbocycles. The molecule has 4 fully saturated rings. The van der Waals surface area contributed by atoms with Gasteiger partial charge in [-0.15, -0.1) is 0 Å². The maximum atomic E-state index is 5.77. The zero-order valence-electron chi connectivity index (χ0n) is 14.5. The highest BCUT2D eigenvalue weighted by Gasteiger charge is 2.35. The fourth-order valence-electron chi connectivity index (χ4n) is 3.61.